The number of phenols is 1. The molecule has 0 aromatic heterocycles. The zero-order valence-corrected chi connectivity index (χ0v) is 8.79. The molecular weight excluding hydrogens is 250 g/mol. The van der Waals surface area contributed by atoms with Gasteiger partial charge in [-0.25, -0.2) is 4.79 Å². The van der Waals surface area contributed by atoms with Crippen LogP contribution >= 0.6 is 15.9 Å². The predicted octanol–water partition coefficient (Wildman–Crippen LogP) is 2.03. The molecular formula is C9H6BrNO3. The Morgan fingerprint density at radius 2 is 2.21 bits per heavy atom. The lowest BCUT2D eigenvalue weighted by Gasteiger charge is -2.06. The number of aromatic hydroxyl groups is 1. The monoisotopic (exact) mass is 255 g/mol. The second kappa shape index (κ2) is 3.68. The maximum Gasteiger partial charge on any atom is 0.339 e. The third kappa shape index (κ3) is 1.56. The first kappa shape index (κ1) is 10.5. The maximum absolute atomic E-state index is 10.7. The van der Waals surface area contributed by atoms with Crippen LogP contribution in [0.4, 0.5) is 0 Å². The highest BCUT2D eigenvalue weighted by molar-refractivity contribution is 9.10. The lowest BCUT2D eigenvalue weighted by Crippen LogP contribution is -2.00. The van der Waals surface area contributed by atoms with E-state index >= 15 is 0 Å². The molecule has 0 saturated heterocycles. The number of halogens is 1. The number of carboxylic acid groups (broad SMARTS) is 1. The van der Waals surface area contributed by atoms with Crippen LogP contribution in [0.25, 0.3) is 0 Å². The van der Waals surface area contributed by atoms with Crippen molar-refractivity contribution in [3.63, 3.8) is 0 Å². The van der Waals surface area contributed by atoms with Gasteiger partial charge in [-0.15, -0.1) is 0 Å². The molecule has 0 radical (unpaired) electrons. The molecule has 0 atom stereocenters. The van der Waals surface area contributed by atoms with Gasteiger partial charge in [0, 0.05) is 10.0 Å². The van der Waals surface area contributed by atoms with E-state index in [0.29, 0.717) is 10.0 Å². The zero-order chi connectivity index (χ0) is 10.9. The van der Waals surface area contributed by atoms with Crippen molar-refractivity contribution in [3.05, 3.63) is 27.2 Å². The van der Waals surface area contributed by atoms with Gasteiger partial charge >= 0.3 is 5.97 Å². The number of nitrogens with zero attached hydrogens (tertiary/aromatic N) is 1. The Balaban J connectivity index is 3.59. The van der Waals surface area contributed by atoms with Gasteiger partial charge in [-0.3, -0.25) is 0 Å². The number of nitriles is 1. The highest BCUT2D eigenvalue weighted by atomic mass is 79.9. The lowest BCUT2D eigenvalue weighted by molar-refractivity contribution is 0.0693. The van der Waals surface area contributed by atoms with E-state index in [4.69, 9.17) is 10.4 Å². The molecule has 0 aliphatic carbocycles. The highest BCUT2D eigenvalue weighted by Gasteiger charge is 2.17. The summed E-state index contributed by atoms with van der Waals surface area (Å²) in [4.78, 5) is 10.7. The molecule has 0 heterocycles. The fraction of sp³-hybridized carbons (Fsp3) is 0.111. The Kier molecular flexibility index (Phi) is 2.77. The molecule has 1 rings (SSSR count). The van der Waals surface area contributed by atoms with E-state index in [1.54, 1.807) is 0 Å². The van der Waals surface area contributed by atoms with Crippen molar-refractivity contribution in [1.82, 2.24) is 0 Å². The number of benzene rings is 1. The number of hydrogen-bond donors (Lipinski definition) is 2. The first-order chi connectivity index (χ1) is 6.49. The van der Waals surface area contributed by atoms with E-state index in [2.05, 4.69) is 15.9 Å². The summed E-state index contributed by atoms with van der Waals surface area (Å²) in [6.07, 6.45) is 0. The summed E-state index contributed by atoms with van der Waals surface area (Å²) < 4.78 is 0.419. The maximum atomic E-state index is 10.7. The second-order valence-corrected chi connectivity index (χ2v) is 3.47. The van der Waals surface area contributed by atoms with E-state index in [0.717, 1.165) is 6.07 Å². The lowest BCUT2D eigenvalue weighted by atomic mass is 10.1. The predicted molar refractivity (Wildman–Crippen MR) is 52.2 cm³/mol. The van der Waals surface area contributed by atoms with Crippen molar-refractivity contribution in [2.75, 3.05) is 0 Å². The third-order valence-corrected chi connectivity index (χ3v) is 2.84. The van der Waals surface area contributed by atoms with Gasteiger partial charge in [0.25, 0.3) is 0 Å². The molecule has 14 heavy (non-hydrogen) atoms. The van der Waals surface area contributed by atoms with E-state index in [-0.39, 0.29) is 16.9 Å². The van der Waals surface area contributed by atoms with Crippen LogP contribution in [0.15, 0.2) is 10.5 Å². The number of rotatable bonds is 1. The fourth-order valence-electron chi connectivity index (χ4n) is 1.03. The van der Waals surface area contributed by atoms with Crippen molar-refractivity contribution in [2.24, 2.45) is 0 Å². The summed E-state index contributed by atoms with van der Waals surface area (Å²) in [6, 6.07) is 2.97. The zero-order valence-electron chi connectivity index (χ0n) is 7.21. The van der Waals surface area contributed by atoms with Gasteiger partial charge in [-0.2, -0.15) is 5.26 Å². The van der Waals surface area contributed by atoms with Crippen molar-refractivity contribution in [3.8, 4) is 11.8 Å². The summed E-state index contributed by atoms with van der Waals surface area (Å²) in [7, 11) is 0. The van der Waals surface area contributed by atoms with Crippen LogP contribution in [0, 0.1) is 18.3 Å². The van der Waals surface area contributed by atoms with Crippen LogP contribution in [-0.4, -0.2) is 16.2 Å². The Labute approximate surface area is 88.5 Å². The van der Waals surface area contributed by atoms with E-state index in [1.807, 2.05) is 6.07 Å². The summed E-state index contributed by atoms with van der Waals surface area (Å²) in [5.41, 5.74) is 0.279. The quantitative estimate of drug-likeness (QED) is 0.805. The Morgan fingerprint density at radius 1 is 1.64 bits per heavy atom. The van der Waals surface area contributed by atoms with Crippen LogP contribution in [-0.2, 0) is 0 Å². The molecule has 4 nitrogen and oxygen atoms in total. The minimum Gasteiger partial charge on any atom is -0.507 e. The van der Waals surface area contributed by atoms with Crippen molar-refractivity contribution in [2.45, 2.75) is 6.92 Å². The molecule has 0 fully saturated rings. The van der Waals surface area contributed by atoms with Gasteiger partial charge in [-0.05, 0) is 28.9 Å². The normalized spacial score (nSPS) is 9.50. The molecule has 72 valence electrons. The number of carbonyl (C=O) groups is 1. The van der Waals surface area contributed by atoms with E-state index in [9.17, 15) is 9.90 Å². The van der Waals surface area contributed by atoms with Gasteiger partial charge in [0.15, 0.2) is 0 Å². The standard InChI is InChI=1S/C9H6BrNO3/c1-4-7(10)5(3-11)2-6(8(4)12)9(13)14/h2,12H,1H3,(H,13,14). The van der Waals surface area contributed by atoms with Crippen molar-refractivity contribution in [1.29, 1.82) is 5.26 Å². The summed E-state index contributed by atoms with van der Waals surface area (Å²) in [5.74, 6) is -1.57. The van der Waals surface area contributed by atoms with Gasteiger partial charge in [0.05, 0.1) is 5.56 Å². The van der Waals surface area contributed by atoms with E-state index < -0.39 is 5.97 Å². The first-order valence-electron chi connectivity index (χ1n) is 3.64. The molecule has 0 bridgehead atoms. The Hall–Kier alpha value is -1.54. The Morgan fingerprint density at radius 3 is 2.64 bits per heavy atom. The van der Waals surface area contributed by atoms with Crippen LogP contribution < -0.4 is 0 Å². The average Bonchev–Trinajstić information content (AvgIpc) is 2.14. The molecule has 0 aliphatic heterocycles. The SMILES string of the molecule is Cc1c(O)c(C(=O)O)cc(C#N)c1Br. The molecule has 2 N–H and O–H groups in total. The molecule has 0 saturated carbocycles. The van der Waals surface area contributed by atoms with Crippen LogP contribution in [0.1, 0.15) is 21.5 Å². The van der Waals surface area contributed by atoms with Crippen LogP contribution in [0.5, 0.6) is 5.75 Å². The minimum atomic E-state index is -1.25. The molecule has 0 spiro atoms. The molecule has 0 aliphatic rings. The molecule has 5 heteroatoms. The fourth-order valence-corrected chi connectivity index (χ4v) is 1.42. The number of aromatic carboxylic acids is 1. The minimum absolute atomic E-state index is 0.192. The first-order valence-corrected chi connectivity index (χ1v) is 4.43. The summed E-state index contributed by atoms with van der Waals surface area (Å²) >= 11 is 3.10. The number of hydrogen-bond acceptors (Lipinski definition) is 3. The Bertz CT molecular complexity index is 448. The highest BCUT2D eigenvalue weighted by Crippen LogP contribution is 2.31. The van der Waals surface area contributed by atoms with Gasteiger partial charge in [-0.1, -0.05) is 0 Å². The summed E-state index contributed by atoms with van der Waals surface area (Å²) in [6.45, 7) is 1.53. The van der Waals surface area contributed by atoms with Crippen molar-refractivity contribution < 1.29 is 15.0 Å². The van der Waals surface area contributed by atoms with Crippen LogP contribution in [0.2, 0.25) is 0 Å². The van der Waals surface area contributed by atoms with Crippen molar-refractivity contribution >= 4 is 21.9 Å². The van der Waals surface area contributed by atoms with Gasteiger partial charge < -0.3 is 10.2 Å². The molecule has 1 aromatic rings. The van der Waals surface area contributed by atoms with Crippen LogP contribution in [0.3, 0.4) is 0 Å². The average molecular weight is 256 g/mol. The molecule has 0 unspecified atom stereocenters. The molecule has 1 aromatic carbocycles. The third-order valence-electron chi connectivity index (χ3n) is 1.82. The van der Waals surface area contributed by atoms with Gasteiger partial charge in [0.1, 0.15) is 17.4 Å². The molecule has 0 amide bonds. The summed E-state index contributed by atoms with van der Waals surface area (Å²) in [5, 5.41) is 26.9. The number of carboxylic acids is 1. The second-order valence-electron chi connectivity index (χ2n) is 2.68. The van der Waals surface area contributed by atoms with E-state index in [1.165, 1.54) is 6.92 Å². The van der Waals surface area contributed by atoms with Gasteiger partial charge in [0.2, 0.25) is 0 Å². The largest absolute Gasteiger partial charge is 0.507 e. The topological polar surface area (TPSA) is 81.3 Å². The smallest absolute Gasteiger partial charge is 0.339 e.